The van der Waals surface area contributed by atoms with Crippen molar-refractivity contribution >= 4 is 34.1 Å². The first-order valence-electron chi connectivity index (χ1n) is 8.14. The van der Waals surface area contributed by atoms with Gasteiger partial charge in [0.1, 0.15) is 0 Å². The Hall–Kier alpha value is -0.820. The van der Waals surface area contributed by atoms with Gasteiger partial charge in [-0.15, -0.1) is 10.2 Å². The summed E-state index contributed by atoms with van der Waals surface area (Å²) in [6, 6.07) is 0.334. The number of amides is 1. The maximum atomic E-state index is 12.3. The van der Waals surface area contributed by atoms with Crippen molar-refractivity contribution in [2.24, 2.45) is 5.92 Å². The van der Waals surface area contributed by atoms with Gasteiger partial charge in [-0.1, -0.05) is 49.8 Å². The summed E-state index contributed by atoms with van der Waals surface area (Å²) >= 11 is 3.00. The van der Waals surface area contributed by atoms with Gasteiger partial charge < -0.3 is 10.6 Å². The maximum Gasteiger partial charge on any atom is 0.233 e. The van der Waals surface area contributed by atoms with E-state index in [-0.39, 0.29) is 11.2 Å². The van der Waals surface area contributed by atoms with E-state index >= 15 is 0 Å². The Labute approximate surface area is 141 Å². The van der Waals surface area contributed by atoms with E-state index < -0.39 is 0 Å². The molecule has 0 spiro atoms. The van der Waals surface area contributed by atoms with E-state index in [1.54, 1.807) is 0 Å². The number of aromatic nitrogens is 2. The first-order valence-corrected chi connectivity index (χ1v) is 9.84. The van der Waals surface area contributed by atoms with E-state index in [4.69, 9.17) is 0 Å². The molecule has 124 valence electrons. The highest BCUT2D eigenvalue weighted by Gasteiger charge is 2.25. The molecule has 3 atom stereocenters. The van der Waals surface area contributed by atoms with Crippen molar-refractivity contribution < 1.29 is 4.79 Å². The zero-order chi connectivity index (χ0) is 15.9. The van der Waals surface area contributed by atoms with Gasteiger partial charge >= 0.3 is 0 Å². The molecule has 1 aliphatic carbocycles. The molecule has 1 aromatic rings. The zero-order valence-corrected chi connectivity index (χ0v) is 15.2. The predicted octanol–water partition coefficient (Wildman–Crippen LogP) is 3.54. The molecule has 5 nitrogen and oxygen atoms in total. The fourth-order valence-electron chi connectivity index (χ4n) is 2.60. The van der Waals surface area contributed by atoms with Gasteiger partial charge in [0.05, 0.1) is 5.25 Å². The molecule has 1 aliphatic rings. The molecule has 3 unspecified atom stereocenters. The summed E-state index contributed by atoms with van der Waals surface area (Å²) in [6.07, 6.45) is 5.89. The number of hydrogen-bond acceptors (Lipinski definition) is 6. The smallest absolute Gasteiger partial charge is 0.233 e. The van der Waals surface area contributed by atoms with E-state index in [9.17, 15) is 4.79 Å². The molecule has 1 fully saturated rings. The summed E-state index contributed by atoms with van der Waals surface area (Å²) < 4.78 is 0.845. The van der Waals surface area contributed by atoms with Gasteiger partial charge in [-0.3, -0.25) is 4.79 Å². The van der Waals surface area contributed by atoms with Crippen LogP contribution in [0.4, 0.5) is 5.13 Å². The van der Waals surface area contributed by atoms with Crippen LogP contribution in [0.15, 0.2) is 4.34 Å². The van der Waals surface area contributed by atoms with Crippen LogP contribution < -0.4 is 10.6 Å². The highest BCUT2D eigenvalue weighted by Crippen LogP contribution is 2.30. The number of carbonyl (C=O) groups is 1. The maximum absolute atomic E-state index is 12.3. The molecular formula is C15H26N4OS2. The Morgan fingerprint density at radius 3 is 2.91 bits per heavy atom. The largest absolute Gasteiger partial charge is 0.360 e. The normalized spacial score (nSPS) is 23.0. The molecule has 0 radical (unpaired) electrons. The Kier molecular flexibility index (Phi) is 6.95. The Morgan fingerprint density at radius 1 is 1.41 bits per heavy atom. The van der Waals surface area contributed by atoms with E-state index in [0.717, 1.165) is 28.9 Å². The van der Waals surface area contributed by atoms with Crippen molar-refractivity contribution in [1.29, 1.82) is 0 Å². The fraction of sp³-hybridized carbons (Fsp3) is 0.800. The van der Waals surface area contributed by atoms with Crippen molar-refractivity contribution in [1.82, 2.24) is 15.5 Å². The van der Waals surface area contributed by atoms with Crippen LogP contribution in [0, 0.1) is 5.92 Å². The summed E-state index contributed by atoms with van der Waals surface area (Å²) in [5.74, 6) is 0.697. The lowest BCUT2D eigenvalue weighted by Gasteiger charge is -2.30. The van der Waals surface area contributed by atoms with Crippen LogP contribution in [0.25, 0.3) is 0 Å². The summed E-state index contributed by atoms with van der Waals surface area (Å²) in [4.78, 5) is 12.3. The molecule has 1 saturated carbocycles. The summed E-state index contributed by atoms with van der Waals surface area (Å²) in [5, 5.41) is 15.4. The highest BCUT2D eigenvalue weighted by molar-refractivity contribution is 8.02. The van der Waals surface area contributed by atoms with E-state index in [0.29, 0.717) is 12.0 Å². The van der Waals surface area contributed by atoms with Crippen LogP contribution in [0.3, 0.4) is 0 Å². The third-order valence-corrected chi connectivity index (χ3v) is 6.08. The number of carbonyl (C=O) groups excluding carboxylic acids is 1. The Morgan fingerprint density at radius 2 is 2.18 bits per heavy atom. The minimum Gasteiger partial charge on any atom is -0.360 e. The number of nitrogens with one attached hydrogen (secondary N) is 2. The minimum absolute atomic E-state index is 0.113. The lowest BCUT2D eigenvalue weighted by atomic mass is 9.86. The Balaban J connectivity index is 1.81. The van der Waals surface area contributed by atoms with Gasteiger partial charge in [-0.05, 0) is 32.1 Å². The standard InChI is InChI=1S/C15H26N4OS2/c1-4-9-16-14-18-19-15(22-14)21-11(3)13(20)17-12-8-6-5-7-10(12)2/h10-12H,4-9H2,1-3H3,(H,16,18)(H,17,20). The van der Waals surface area contributed by atoms with Crippen LogP contribution in [0.1, 0.15) is 52.9 Å². The van der Waals surface area contributed by atoms with Gasteiger partial charge in [0, 0.05) is 12.6 Å². The number of rotatable bonds is 7. The predicted molar refractivity (Wildman–Crippen MR) is 93.6 cm³/mol. The molecule has 2 N–H and O–H groups in total. The van der Waals surface area contributed by atoms with Gasteiger partial charge in [0.2, 0.25) is 11.0 Å². The average molecular weight is 343 g/mol. The molecule has 0 aliphatic heterocycles. The van der Waals surface area contributed by atoms with E-state index in [1.165, 1.54) is 42.4 Å². The lowest BCUT2D eigenvalue weighted by Crippen LogP contribution is -2.44. The Bertz CT molecular complexity index is 480. The topological polar surface area (TPSA) is 66.9 Å². The molecule has 1 aromatic heterocycles. The second-order valence-corrected chi connectivity index (χ2v) is 8.50. The zero-order valence-electron chi connectivity index (χ0n) is 13.6. The van der Waals surface area contributed by atoms with Crippen molar-refractivity contribution in [3.63, 3.8) is 0 Å². The number of hydrogen-bond donors (Lipinski definition) is 2. The molecule has 0 saturated heterocycles. The van der Waals surface area contributed by atoms with Crippen molar-refractivity contribution in [2.45, 2.75) is 68.5 Å². The molecule has 1 heterocycles. The number of thioether (sulfide) groups is 1. The molecule has 0 aromatic carbocycles. The molecule has 22 heavy (non-hydrogen) atoms. The number of anilines is 1. The van der Waals surface area contributed by atoms with Crippen molar-refractivity contribution in [3.8, 4) is 0 Å². The van der Waals surface area contributed by atoms with Crippen LogP contribution in [0.5, 0.6) is 0 Å². The fourth-order valence-corrected chi connectivity index (χ4v) is 4.53. The average Bonchev–Trinajstić information content (AvgIpc) is 2.94. The van der Waals surface area contributed by atoms with Crippen molar-refractivity contribution in [3.05, 3.63) is 0 Å². The van der Waals surface area contributed by atoms with Crippen molar-refractivity contribution in [2.75, 3.05) is 11.9 Å². The van der Waals surface area contributed by atoms with Crippen LogP contribution in [-0.4, -0.2) is 33.9 Å². The molecule has 0 bridgehead atoms. The van der Waals surface area contributed by atoms with Crippen LogP contribution >= 0.6 is 23.1 Å². The van der Waals surface area contributed by atoms with Gasteiger partial charge in [-0.2, -0.15) is 0 Å². The quantitative estimate of drug-likeness (QED) is 0.742. The van der Waals surface area contributed by atoms with Gasteiger partial charge in [-0.25, -0.2) is 0 Å². The molecule has 7 heteroatoms. The lowest BCUT2D eigenvalue weighted by molar-refractivity contribution is -0.121. The minimum atomic E-state index is -0.138. The third kappa shape index (κ3) is 5.12. The van der Waals surface area contributed by atoms with E-state index in [2.05, 4.69) is 34.7 Å². The monoisotopic (exact) mass is 342 g/mol. The van der Waals surface area contributed by atoms with Gasteiger partial charge in [0.25, 0.3) is 0 Å². The first kappa shape index (κ1) is 17.5. The summed E-state index contributed by atoms with van der Waals surface area (Å²) in [6.45, 7) is 7.18. The summed E-state index contributed by atoms with van der Waals surface area (Å²) in [5.41, 5.74) is 0. The van der Waals surface area contributed by atoms with E-state index in [1.807, 2.05) is 6.92 Å². The van der Waals surface area contributed by atoms with Crippen LogP contribution in [-0.2, 0) is 4.79 Å². The molecule has 2 rings (SSSR count). The third-order valence-electron chi connectivity index (χ3n) is 4.02. The second-order valence-electron chi connectivity index (χ2n) is 5.94. The first-order chi connectivity index (χ1) is 10.6. The SMILES string of the molecule is CCCNc1nnc(SC(C)C(=O)NC2CCCCC2C)s1. The summed E-state index contributed by atoms with van der Waals surface area (Å²) in [7, 11) is 0. The second kappa shape index (κ2) is 8.72. The van der Waals surface area contributed by atoms with Crippen LogP contribution in [0.2, 0.25) is 0 Å². The highest BCUT2D eigenvalue weighted by atomic mass is 32.2. The number of nitrogens with zero attached hydrogens (tertiary/aromatic N) is 2. The molecular weight excluding hydrogens is 316 g/mol. The van der Waals surface area contributed by atoms with Gasteiger partial charge in [0.15, 0.2) is 4.34 Å². The molecule has 1 amide bonds.